The Morgan fingerprint density at radius 2 is 1.83 bits per heavy atom. The summed E-state index contributed by atoms with van der Waals surface area (Å²) in [5.74, 6) is -0.513. The van der Waals surface area contributed by atoms with E-state index in [2.05, 4.69) is 0 Å². The molecule has 2 nitrogen and oxygen atoms in total. The van der Waals surface area contributed by atoms with E-state index in [9.17, 15) is 17.6 Å². The second kappa shape index (κ2) is 6.15. The zero-order valence-corrected chi connectivity index (χ0v) is 10.1. The van der Waals surface area contributed by atoms with Crippen LogP contribution in [-0.2, 0) is 13.1 Å². The Hall–Kier alpha value is -1.14. The standard InChI is InChI=1S/C12H16F4N2/c1-2-18(8-12(14,15)16)7-10-5-3-4-9(6-17)11(10)13/h3-5H,2,6-8,17H2,1H3. The lowest BCUT2D eigenvalue weighted by Gasteiger charge is -2.22. The van der Waals surface area contributed by atoms with Gasteiger partial charge in [-0.2, -0.15) is 13.2 Å². The van der Waals surface area contributed by atoms with E-state index in [1.54, 1.807) is 13.0 Å². The molecule has 0 aliphatic carbocycles. The van der Waals surface area contributed by atoms with Gasteiger partial charge >= 0.3 is 6.18 Å². The van der Waals surface area contributed by atoms with Crippen molar-refractivity contribution in [2.24, 2.45) is 5.73 Å². The first-order valence-corrected chi connectivity index (χ1v) is 5.62. The molecule has 0 bridgehead atoms. The highest BCUT2D eigenvalue weighted by Crippen LogP contribution is 2.20. The van der Waals surface area contributed by atoms with Crippen molar-refractivity contribution in [2.75, 3.05) is 13.1 Å². The third-order valence-corrected chi connectivity index (χ3v) is 2.62. The van der Waals surface area contributed by atoms with Gasteiger partial charge in [-0.25, -0.2) is 4.39 Å². The maximum atomic E-state index is 13.8. The summed E-state index contributed by atoms with van der Waals surface area (Å²) in [5.41, 5.74) is 5.91. The van der Waals surface area contributed by atoms with Crippen molar-refractivity contribution in [2.45, 2.75) is 26.2 Å². The molecule has 0 amide bonds. The van der Waals surface area contributed by atoms with Crippen molar-refractivity contribution in [1.82, 2.24) is 4.90 Å². The van der Waals surface area contributed by atoms with Crippen LogP contribution >= 0.6 is 0 Å². The van der Waals surface area contributed by atoms with E-state index in [0.29, 0.717) is 5.56 Å². The molecule has 0 unspecified atom stereocenters. The topological polar surface area (TPSA) is 29.3 Å². The average Bonchev–Trinajstić information content (AvgIpc) is 2.29. The highest BCUT2D eigenvalue weighted by atomic mass is 19.4. The minimum atomic E-state index is -4.28. The largest absolute Gasteiger partial charge is 0.401 e. The normalized spacial score (nSPS) is 12.2. The van der Waals surface area contributed by atoms with Gasteiger partial charge in [-0.05, 0) is 6.54 Å². The van der Waals surface area contributed by atoms with E-state index in [-0.39, 0.29) is 25.2 Å². The first kappa shape index (κ1) is 14.9. The van der Waals surface area contributed by atoms with E-state index in [1.807, 2.05) is 0 Å². The quantitative estimate of drug-likeness (QED) is 0.828. The summed E-state index contributed by atoms with van der Waals surface area (Å²) in [4.78, 5) is 1.14. The molecule has 2 N–H and O–H groups in total. The Morgan fingerprint density at radius 3 is 2.33 bits per heavy atom. The van der Waals surface area contributed by atoms with Gasteiger partial charge in [0.05, 0.1) is 6.54 Å². The van der Waals surface area contributed by atoms with Crippen LogP contribution in [0.25, 0.3) is 0 Å². The minimum absolute atomic E-state index is 0.0328. The molecular weight excluding hydrogens is 248 g/mol. The molecular formula is C12H16F4N2. The molecule has 0 aliphatic rings. The van der Waals surface area contributed by atoms with Crippen LogP contribution in [0.3, 0.4) is 0 Å². The first-order chi connectivity index (χ1) is 8.37. The van der Waals surface area contributed by atoms with Crippen LogP contribution in [0, 0.1) is 5.82 Å². The molecule has 6 heteroatoms. The Kier molecular flexibility index (Phi) is 5.10. The molecule has 102 valence electrons. The molecule has 18 heavy (non-hydrogen) atoms. The molecule has 0 spiro atoms. The number of alkyl halides is 3. The number of hydrogen-bond donors (Lipinski definition) is 1. The first-order valence-electron chi connectivity index (χ1n) is 5.62. The van der Waals surface area contributed by atoms with Crippen molar-refractivity contribution >= 4 is 0 Å². The lowest BCUT2D eigenvalue weighted by molar-refractivity contribution is -0.146. The van der Waals surface area contributed by atoms with E-state index < -0.39 is 18.5 Å². The van der Waals surface area contributed by atoms with Crippen LogP contribution in [-0.4, -0.2) is 24.2 Å². The number of nitrogens with two attached hydrogens (primary N) is 1. The fraction of sp³-hybridized carbons (Fsp3) is 0.500. The molecule has 0 heterocycles. The van der Waals surface area contributed by atoms with Crippen LogP contribution in [0.5, 0.6) is 0 Å². The Balaban J connectivity index is 2.82. The Bertz CT molecular complexity index is 390. The monoisotopic (exact) mass is 264 g/mol. The van der Waals surface area contributed by atoms with Crippen LogP contribution in [0.1, 0.15) is 18.1 Å². The maximum Gasteiger partial charge on any atom is 0.401 e. The van der Waals surface area contributed by atoms with Crippen molar-refractivity contribution < 1.29 is 17.6 Å². The number of nitrogens with zero attached hydrogens (tertiary/aromatic N) is 1. The summed E-state index contributed by atoms with van der Waals surface area (Å²) in [5, 5.41) is 0. The molecule has 0 saturated carbocycles. The van der Waals surface area contributed by atoms with Crippen LogP contribution in [0.15, 0.2) is 18.2 Å². The maximum absolute atomic E-state index is 13.8. The molecule has 0 atom stereocenters. The summed E-state index contributed by atoms with van der Waals surface area (Å²) in [6.45, 7) is 0.721. The molecule has 0 radical (unpaired) electrons. The van der Waals surface area contributed by atoms with Crippen molar-refractivity contribution in [3.8, 4) is 0 Å². The molecule has 0 saturated heterocycles. The lowest BCUT2D eigenvalue weighted by atomic mass is 10.1. The van der Waals surface area contributed by atoms with Gasteiger partial charge in [0.2, 0.25) is 0 Å². The Labute approximate surface area is 103 Å². The SMILES string of the molecule is CCN(Cc1cccc(CN)c1F)CC(F)(F)F. The van der Waals surface area contributed by atoms with E-state index in [0.717, 1.165) is 4.90 Å². The Morgan fingerprint density at radius 1 is 1.22 bits per heavy atom. The van der Waals surface area contributed by atoms with Crippen LogP contribution in [0.2, 0.25) is 0 Å². The van der Waals surface area contributed by atoms with Gasteiger partial charge in [0.1, 0.15) is 5.82 Å². The van der Waals surface area contributed by atoms with E-state index >= 15 is 0 Å². The van der Waals surface area contributed by atoms with Crippen molar-refractivity contribution in [1.29, 1.82) is 0 Å². The summed E-state index contributed by atoms with van der Waals surface area (Å²) in [7, 11) is 0. The van der Waals surface area contributed by atoms with Crippen molar-refractivity contribution in [3.63, 3.8) is 0 Å². The molecule has 1 aromatic rings. The molecule has 0 aromatic heterocycles. The fourth-order valence-corrected chi connectivity index (χ4v) is 1.69. The number of benzene rings is 1. The predicted octanol–water partition coefficient (Wildman–Crippen LogP) is 2.67. The van der Waals surface area contributed by atoms with Crippen LogP contribution < -0.4 is 5.73 Å². The molecule has 0 fully saturated rings. The van der Waals surface area contributed by atoms with Crippen LogP contribution in [0.4, 0.5) is 17.6 Å². The summed E-state index contributed by atoms with van der Waals surface area (Å²) in [6, 6.07) is 4.61. The van der Waals surface area contributed by atoms with E-state index in [1.165, 1.54) is 12.1 Å². The van der Waals surface area contributed by atoms with Gasteiger partial charge in [0, 0.05) is 24.2 Å². The molecule has 1 aromatic carbocycles. The second-order valence-electron chi connectivity index (χ2n) is 4.01. The molecule has 1 rings (SSSR count). The van der Waals surface area contributed by atoms with Gasteiger partial charge in [0.15, 0.2) is 0 Å². The lowest BCUT2D eigenvalue weighted by Crippen LogP contribution is -2.34. The molecule has 0 aliphatic heterocycles. The number of rotatable bonds is 5. The zero-order chi connectivity index (χ0) is 13.8. The highest BCUT2D eigenvalue weighted by molar-refractivity contribution is 5.25. The fourth-order valence-electron chi connectivity index (χ4n) is 1.69. The zero-order valence-electron chi connectivity index (χ0n) is 10.1. The smallest absolute Gasteiger partial charge is 0.326 e. The predicted molar refractivity (Wildman–Crippen MR) is 61.3 cm³/mol. The van der Waals surface area contributed by atoms with Gasteiger partial charge in [-0.3, -0.25) is 4.90 Å². The summed E-state index contributed by atoms with van der Waals surface area (Å²) >= 11 is 0. The van der Waals surface area contributed by atoms with Gasteiger partial charge < -0.3 is 5.73 Å². The minimum Gasteiger partial charge on any atom is -0.326 e. The third kappa shape index (κ3) is 4.27. The summed E-state index contributed by atoms with van der Waals surface area (Å²) in [6.07, 6.45) is -4.28. The average molecular weight is 264 g/mol. The van der Waals surface area contributed by atoms with Crippen molar-refractivity contribution in [3.05, 3.63) is 35.1 Å². The van der Waals surface area contributed by atoms with Gasteiger partial charge in [-0.1, -0.05) is 25.1 Å². The number of halogens is 4. The second-order valence-corrected chi connectivity index (χ2v) is 4.01. The number of hydrogen-bond acceptors (Lipinski definition) is 2. The highest BCUT2D eigenvalue weighted by Gasteiger charge is 2.30. The van der Waals surface area contributed by atoms with Gasteiger partial charge in [0.25, 0.3) is 0 Å². The summed E-state index contributed by atoms with van der Waals surface area (Å²) < 4.78 is 50.7. The van der Waals surface area contributed by atoms with E-state index in [4.69, 9.17) is 5.73 Å². The third-order valence-electron chi connectivity index (χ3n) is 2.62. The van der Waals surface area contributed by atoms with Gasteiger partial charge in [-0.15, -0.1) is 0 Å².